The van der Waals surface area contributed by atoms with Gasteiger partial charge in [0.2, 0.25) is 5.52 Å². The number of benzene rings is 3. The maximum atomic E-state index is 12.7. The summed E-state index contributed by atoms with van der Waals surface area (Å²) in [6, 6.07) is 29.9. The topological polar surface area (TPSA) is 33.4 Å². The van der Waals surface area contributed by atoms with Crippen LogP contribution in [0.25, 0.3) is 17.0 Å². The molecule has 1 aliphatic heterocycles. The second-order valence-electron chi connectivity index (χ2n) is 9.11. The third-order valence-corrected chi connectivity index (χ3v) is 9.46. The SMILES string of the molecule is CCOP(C)(=O)CCCN1C(=Cc2cc[n+](Cc3ccccc3)c3ccccc23)Sc2ccccc21.[CH3-]. The Bertz CT molecular complexity index is 1440. The third-order valence-electron chi connectivity index (χ3n) is 6.42. The standard InChI is InChI=1S/C30H32N2O2PS.CH3/c1-3-34-35(2,33)21-11-19-32-28-16-9-10-17-29(28)36-30(32)22-25-18-20-31(23-24-12-5-4-6-13-24)27-15-8-7-14-26(25)27;/h4-10,12-18,20,22H,3,11,19,21,23H2,1-2H3;1H3/q+1;-1. The number of pyridine rings is 1. The smallest absolute Gasteiger partial charge is 0.213 e. The fourth-order valence-electron chi connectivity index (χ4n) is 4.73. The van der Waals surface area contributed by atoms with E-state index in [1.807, 2.05) is 6.92 Å². The molecule has 0 bridgehead atoms. The van der Waals surface area contributed by atoms with Crippen molar-refractivity contribution in [3.05, 3.63) is 115 Å². The molecule has 3 aromatic carbocycles. The first-order valence-corrected chi connectivity index (χ1v) is 15.5. The molecule has 5 rings (SSSR count). The molecule has 0 radical (unpaired) electrons. The normalized spacial score (nSPS) is 15.4. The number of rotatable bonds is 9. The van der Waals surface area contributed by atoms with Crippen molar-refractivity contribution >= 4 is 41.8 Å². The minimum Gasteiger partial charge on any atom is -0.358 e. The fourth-order valence-corrected chi connectivity index (χ4v) is 7.26. The van der Waals surface area contributed by atoms with Gasteiger partial charge in [-0.25, -0.2) is 0 Å². The largest absolute Gasteiger partial charge is 0.358 e. The van der Waals surface area contributed by atoms with E-state index < -0.39 is 7.37 Å². The monoisotopic (exact) mass is 530 g/mol. The Kier molecular flexibility index (Phi) is 8.91. The molecule has 0 aliphatic carbocycles. The van der Waals surface area contributed by atoms with Gasteiger partial charge < -0.3 is 16.9 Å². The molecule has 0 N–H and O–H groups in total. The first-order chi connectivity index (χ1) is 17.5. The lowest BCUT2D eigenvalue weighted by Gasteiger charge is -2.22. The van der Waals surface area contributed by atoms with Gasteiger partial charge in [0, 0.05) is 42.0 Å². The molecular weight excluding hydrogens is 495 g/mol. The van der Waals surface area contributed by atoms with Gasteiger partial charge in [-0.05, 0) is 43.2 Å². The quantitative estimate of drug-likeness (QED) is 0.125. The lowest BCUT2D eigenvalue weighted by molar-refractivity contribution is -0.662. The molecule has 1 atom stereocenters. The molecule has 1 aromatic heterocycles. The molecule has 0 saturated heterocycles. The summed E-state index contributed by atoms with van der Waals surface area (Å²) in [4.78, 5) is 3.62. The van der Waals surface area contributed by atoms with Gasteiger partial charge in [0.15, 0.2) is 20.1 Å². The van der Waals surface area contributed by atoms with Crippen molar-refractivity contribution in [2.24, 2.45) is 0 Å². The molecule has 37 heavy (non-hydrogen) atoms. The van der Waals surface area contributed by atoms with Crippen molar-refractivity contribution in [1.82, 2.24) is 0 Å². The highest BCUT2D eigenvalue weighted by Crippen LogP contribution is 2.48. The van der Waals surface area contributed by atoms with E-state index in [0.29, 0.717) is 12.8 Å². The van der Waals surface area contributed by atoms with Gasteiger partial charge in [-0.15, -0.1) is 0 Å². The summed E-state index contributed by atoms with van der Waals surface area (Å²) in [6.07, 6.45) is 5.89. The van der Waals surface area contributed by atoms with E-state index in [0.717, 1.165) is 19.5 Å². The van der Waals surface area contributed by atoms with E-state index in [4.69, 9.17) is 4.52 Å². The molecule has 6 heteroatoms. The average Bonchev–Trinajstić information content (AvgIpc) is 3.23. The molecule has 1 unspecified atom stereocenters. The number of para-hydroxylation sites is 2. The van der Waals surface area contributed by atoms with Crippen molar-refractivity contribution < 1.29 is 13.7 Å². The second-order valence-corrected chi connectivity index (χ2v) is 12.9. The second kappa shape index (κ2) is 12.1. The summed E-state index contributed by atoms with van der Waals surface area (Å²) in [5, 5.41) is 2.43. The number of fused-ring (bicyclic) bond motifs is 2. The molecule has 0 amide bonds. The highest BCUT2D eigenvalue weighted by atomic mass is 32.2. The molecule has 4 aromatic rings. The number of aromatic nitrogens is 1. The van der Waals surface area contributed by atoms with Crippen LogP contribution in [0.3, 0.4) is 0 Å². The van der Waals surface area contributed by atoms with Crippen LogP contribution in [0.2, 0.25) is 0 Å². The van der Waals surface area contributed by atoms with Crippen LogP contribution in [-0.2, 0) is 15.6 Å². The fraction of sp³-hybridized carbons (Fsp3) is 0.226. The Morgan fingerprint density at radius 2 is 1.70 bits per heavy atom. The van der Waals surface area contributed by atoms with E-state index in [1.54, 1.807) is 18.4 Å². The first-order valence-electron chi connectivity index (χ1n) is 12.5. The minimum atomic E-state index is -2.54. The lowest BCUT2D eigenvalue weighted by atomic mass is 10.1. The van der Waals surface area contributed by atoms with Crippen molar-refractivity contribution in [3.63, 3.8) is 0 Å². The van der Waals surface area contributed by atoms with Crippen LogP contribution in [0.1, 0.15) is 24.5 Å². The Morgan fingerprint density at radius 3 is 2.51 bits per heavy atom. The number of thioether (sulfide) groups is 1. The van der Waals surface area contributed by atoms with Gasteiger partial charge in [0.25, 0.3) is 0 Å². The minimum absolute atomic E-state index is 0. The number of hydrogen-bond acceptors (Lipinski definition) is 4. The molecule has 2 heterocycles. The number of hydrogen-bond donors (Lipinski definition) is 0. The summed E-state index contributed by atoms with van der Waals surface area (Å²) in [5.74, 6) is 0. The first kappa shape index (κ1) is 27.2. The predicted octanol–water partition coefficient (Wildman–Crippen LogP) is 7.87. The molecule has 1 aliphatic rings. The molecule has 4 nitrogen and oxygen atoms in total. The van der Waals surface area contributed by atoms with E-state index in [-0.39, 0.29) is 7.43 Å². The lowest BCUT2D eigenvalue weighted by Crippen LogP contribution is -2.34. The summed E-state index contributed by atoms with van der Waals surface area (Å²) >= 11 is 1.80. The Hall–Kier alpha value is -2.85. The summed E-state index contributed by atoms with van der Waals surface area (Å²) in [7, 11) is -2.54. The van der Waals surface area contributed by atoms with E-state index in [1.165, 1.54) is 37.6 Å². The van der Waals surface area contributed by atoms with Gasteiger partial charge in [-0.1, -0.05) is 66.4 Å². The van der Waals surface area contributed by atoms with Crippen LogP contribution in [0.15, 0.2) is 101 Å². The molecular formula is C31H35N2O2PS. The van der Waals surface area contributed by atoms with Gasteiger partial charge >= 0.3 is 0 Å². The summed E-state index contributed by atoms with van der Waals surface area (Å²) in [6.45, 7) is 5.78. The Balaban J connectivity index is 0.00000320. The molecule has 0 spiro atoms. The Morgan fingerprint density at radius 1 is 0.973 bits per heavy atom. The highest BCUT2D eigenvalue weighted by Gasteiger charge is 2.26. The van der Waals surface area contributed by atoms with Crippen LogP contribution in [-0.4, -0.2) is 26.0 Å². The van der Waals surface area contributed by atoms with Gasteiger partial charge in [-0.3, -0.25) is 4.57 Å². The van der Waals surface area contributed by atoms with E-state index in [9.17, 15) is 4.57 Å². The average molecular weight is 531 g/mol. The summed E-state index contributed by atoms with van der Waals surface area (Å²) in [5.41, 5.74) is 4.92. The molecule has 0 saturated carbocycles. The van der Waals surface area contributed by atoms with E-state index in [2.05, 4.69) is 107 Å². The van der Waals surface area contributed by atoms with Crippen molar-refractivity contribution in [2.45, 2.75) is 24.8 Å². The van der Waals surface area contributed by atoms with Gasteiger partial charge in [-0.2, -0.15) is 4.57 Å². The van der Waals surface area contributed by atoms with Gasteiger partial charge in [0.05, 0.1) is 22.7 Å². The Labute approximate surface area is 225 Å². The maximum absolute atomic E-state index is 12.7. The van der Waals surface area contributed by atoms with Crippen LogP contribution in [0.5, 0.6) is 0 Å². The zero-order valence-electron chi connectivity index (χ0n) is 21.8. The molecule has 0 fully saturated rings. The van der Waals surface area contributed by atoms with Gasteiger partial charge in [0.1, 0.15) is 0 Å². The highest BCUT2D eigenvalue weighted by molar-refractivity contribution is 8.03. The van der Waals surface area contributed by atoms with Crippen LogP contribution >= 0.6 is 19.1 Å². The predicted molar refractivity (Wildman–Crippen MR) is 158 cm³/mol. The van der Waals surface area contributed by atoms with Crippen LogP contribution < -0.4 is 9.47 Å². The van der Waals surface area contributed by atoms with E-state index >= 15 is 0 Å². The number of nitrogens with zero attached hydrogens (tertiary/aromatic N) is 2. The third kappa shape index (κ3) is 6.35. The number of anilines is 1. The summed E-state index contributed by atoms with van der Waals surface area (Å²) < 4.78 is 20.5. The zero-order valence-corrected chi connectivity index (χ0v) is 23.6. The van der Waals surface area contributed by atoms with Crippen molar-refractivity contribution in [3.8, 4) is 0 Å². The molecule has 192 valence electrons. The van der Waals surface area contributed by atoms with Crippen molar-refractivity contribution in [2.75, 3.05) is 30.9 Å². The van der Waals surface area contributed by atoms with Crippen molar-refractivity contribution in [1.29, 1.82) is 0 Å². The zero-order chi connectivity index (χ0) is 25.0. The maximum Gasteiger partial charge on any atom is 0.213 e. The van der Waals surface area contributed by atoms with Crippen LogP contribution in [0.4, 0.5) is 5.69 Å². The van der Waals surface area contributed by atoms with Crippen LogP contribution in [0, 0.1) is 7.43 Å².